The third-order valence-electron chi connectivity index (χ3n) is 1.86. The zero-order chi connectivity index (χ0) is 11.6. The molecule has 15 heavy (non-hydrogen) atoms. The molecule has 0 bridgehead atoms. The number of methoxy groups -OCH3 is 1. The van der Waals surface area contributed by atoms with Crippen LogP contribution < -0.4 is 4.74 Å². The molecule has 0 amide bonds. The molecular formula is C9H11ClO4S. The number of aryl methyl sites for hydroxylation is 1. The molecule has 1 aromatic rings. The molecule has 0 spiro atoms. The van der Waals surface area contributed by atoms with E-state index in [4.69, 9.17) is 15.4 Å². The molecule has 1 N–H and O–H groups in total. The van der Waals surface area contributed by atoms with Crippen LogP contribution >= 0.6 is 10.7 Å². The van der Waals surface area contributed by atoms with Crippen molar-refractivity contribution < 1.29 is 18.3 Å². The molecule has 0 aliphatic carbocycles. The van der Waals surface area contributed by atoms with Gasteiger partial charge in [0.25, 0.3) is 0 Å². The highest BCUT2D eigenvalue weighted by Gasteiger charge is 2.12. The second-order valence-corrected chi connectivity index (χ2v) is 5.93. The first-order chi connectivity index (χ1) is 6.83. The Morgan fingerprint density at radius 3 is 2.47 bits per heavy atom. The molecule has 0 atom stereocenters. The minimum Gasteiger partial charge on any atom is -0.504 e. The average molecular weight is 251 g/mol. The van der Waals surface area contributed by atoms with E-state index in [1.54, 1.807) is 13.0 Å². The molecule has 0 heterocycles. The fourth-order valence-corrected chi connectivity index (χ4v) is 2.32. The van der Waals surface area contributed by atoms with Crippen molar-refractivity contribution in [1.29, 1.82) is 0 Å². The maximum atomic E-state index is 10.8. The lowest BCUT2D eigenvalue weighted by Crippen LogP contribution is -1.97. The number of halogens is 1. The van der Waals surface area contributed by atoms with Gasteiger partial charge in [-0.05, 0) is 24.1 Å². The zero-order valence-electron chi connectivity index (χ0n) is 8.32. The van der Waals surface area contributed by atoms with E-state index in [-0.39, 0.29) is 11.5 Å². The Labute approximate surface area is 92.9 Å². The summed E-state index contributed by atoms with van der Waals surface area (Å²) in [5, 5.41) is 9.51. The number of hydrogen-bond donors (Lipinski definition) is 1. The smallest absolute Gasteiger partial charge is 0.236 e. The van der Waals surface area contributed by atoms with Gasteiger partial charge in [-0.25, -0.2) is 8.42 Å². The van der Waals surface area contributed by atoms with E-state index in [0.29, 0.717) is 16.9 Å². The molecule has 0 aliphatic heterocycles. The van der Waals surface area contributed by atoms with Crippen LogP contribution in [0.5, 0.6) is 11.5 Å². The summed E-state index contributed by atoms with van der Waals surface area (Å²) in [5.41, 5.74) is 1.09. The second kappa shape index (κ2) is 4.28. The molecular weight excluding hydrogens is 240 g/mol. The number of benzene rings is 1. The van der Waals surface area contributed by atoms with Gasteiger partial charge in [-0.3, -0.25) is 0 Å². The Morgan fingerprint density at radius 2 is 2.07 bits per heavy atom. The molecule has 0 unspecified atom stereocenters. The van der Waals surface area contributed by atoms with Crippen molar-refractivity contribution in [1.82, 2.24) is 0 Å². The standard InChI is InChI=1S/C9H11ClO4S/c1-6-3-7(5-15(10,12)13)4-8(11)9(6)14-2/h3-4,11H,5H2,1-2H3. The predicted octanol–water partition coefficient (Wildman–Crippen LogP) is 1.78. The van der Waals surface area contributed by atoms with Crippen molar-refractivity contribution in [2.75, 3.05) is 7.11 Å². The summed E-state index contributed by atoms with van der Waals surface area (Å²) in [5.74, 6) is -0.0639. The van der Waals surface area contributed by atoms with Crippen LogP contribution in [0.2, 0.25) is 0 Å². The minimum atomic E-state index is -3.61. The van der Waals surface area contributed by atoms with E-state index in [2.05, 4.69) is 0 Å². The van der Waals surface area contributed by atoms with Crippen molar-refractivity contribution in [3.8, 4) is 11.5 Å². The highest BCUT2D eigenvalue weighted by molar-refractivity contribution is 8.13. The van der Waals surface area contributed by atoms with E-state index >= 15 is 0 Å². The van der Waals surface area contributed by atoms with Crippen LogP contribution in [0.15, 0.2) is 12.1 Å². The van der Waals surface area contributed by atoms with E-state index in [1.807, 2.05) is 0 Å². The van der Waals surface area contributed by atoms with Gasteiger partial charge in [0, 0.05) is 10.7 Å². The van der Waals surface area contributed by atoms with Crippen LogP contribution in [-0.4, -0.2) is 20.6 Å². The van der Waals surface area contributed by atoms with Crippen molar-refractivity contribution in [2.24, 2.45) is 0 Å². The summed E-state index contributed by atoms with van der Waals surface area (Å²) >= 11 is 0. The Kier molecular flexibility index (Phi) is 3.46. The monoisotopic (exact) mass is 250 g/mol. The molecule has 84 valence electrons. The van der Waals surface area contributed by atoms with Gasteiger partial charge in [-0.2, -0.15) is 0 Å². The van der Waals surface area contributed by atoms with Crippen LogP contribution in [0, 0.1) is 6.92 Å². The van der Waals surface area contributed by atoms with E-state index in [9.17, 15) is 13.5 Å². The maximum Gasteiger partial charge on any atom is 0.236 e. The predicted molar refractivity (Wildman–Crippen MR) is 57.9 cm³/mol. The van der Waals surface area contributed by atoms with Crippen molar-refractivity contribution in [3.05, 3.63) is 23.3 Å². The highest BCUT2D eigenvalue weighted by atomic mass is 35.7. The summed E-state index contributed by atoms with van der Waals surface area (Å²) in [6.45, 7) is 1.71. The summed E-state index contributed by atoms with van der Waals surface area (Å²) in [6.07, 6.45) is 0. The van der Waals surface area contributed by atoms with E-state index in [0.717, 1.165) is 0 Å². The zero-order valence-corrected chi connectivity index (χ0v) is 9.89. The Morgan fingerprint density at radius 1 is 1.47 bits per heavy atom. The minimum absolute atomic E-state index is 0.0900. The van der Waals surface area contributed by atoms with Gasteiger partial charge in [-0.1, -0.05) is 6.07 Å². The summed E-state index contributed by atoms with van der Waals surface area (Å²) in [7, 11) is 2.93. The van der Waals surface area contributed by atoms with Crippen LogP contribution in [0.3, 0.4) is 0 Å². The lowest BCUT2D eigenvalue weighted by molar-refractivity contribution is 0.370. The number of ether oxygens (including phenoxy) is 1. The number of aromatic hydroxyl groups is 1. The number of phenols is 1. The molecule has 1 rings (SSSR count). The first kappa shape index (κ1) is 12.1. The second-order valence-electron chi connectivity index (χ2n) is 3.15. The van der Waals surface area contributed by atoms with Crippen LogP contribution in [0.4, 0.5) is 0 Å². The van der Waals surface area contributed by atoms with Crippen LogP contribution in [0.1, 0.15) is 11.1 Å². The number of hydrogen-bond acceptors (Lipinski definition) is 4. The quantitative estimate of drug-likeness (QED) is 0.831. The fraction of sp³-hybridized carbons (Fsp3) is 0.333. The lowest BCUT2D eigenvalue weighted by atomic mass is 10.1. The molecule has 0 fully saturated rings. The topological polar surface area (TPSA) is 63.6 Å². The maximum absolute atomic E-state index is 10.8. The SMILES string of the molecule is COc1c(C)cc(CS(=O)(=O)Cl)cc1O. The van der Waals surface area contributed by atoms with Gasteiger partial charge in [0.2, 0.25) is 9.05 Å². The summed E-state index contributed by atoms with van der Waals surface area (Å²) in [4.78, 5) is 0. The third kappa shape index (κ3) is 3.28. The van der Waals surface area contributed by atoms with Crippen molar-refractivity contribution in [2.45, 2.75) is 12.7 Å². The normalized spacial score (nSPS) is 11.4. The number of rotatable bonds is 3. The van der Waals surface area contributed by atoms with E-state index in [1.165, 1.54) is 13.2 Å². The average Bonchev–Trinajstić information content (AvgIpc) is 1.99. The lowest BCUT2D eigenvalue weighted by Gasteiger charge is -2.08. The van der Waals surface area contributed by atoms with Gasteiger partial charge in [0.1, 0.15) is 0 Å². The van der Waals surface area contributed by atoms with Crippen molar-refractivity contribution >= 4 is 19.7 Å². The third-order valence-corrected chi connectivity index (χ3v) is 2.86. The largest absolute Gasteiger partial charge is 0.504 e. The molecule has 4 nitrogen and oxygen atoms in total. The summed E-state index contributed by atoms with van der Waals surface area (Å²) < 4.78 is 26.6. The molecule has 0 radical (unpaired) electrons. The highest BCUT2D eigenvalue weighted by Crippen LogP contribution is 2.31. The molecule has 0 saturated heterocycles. The first-order valence-electron chi connectivity index (χ1n) is 4.12. The fourth-order valence-electron chi connectivity index (χ4n) is 1.38. The van der Waals surface area contributed by atoms with Crippen molar-refractivity contribution in [3.63, 3.8) is 0 Å². The molecule has 0 aliphatic rings. The summed E-state index contributed by atoms with van der Waals surface area (Å²) in [6, 6.07) is 2.93. The van der Waals surface area contributed by atoms with Gasteiger partial charge in [0.05, 0.1) is 12.9 Å². The van der Waals surface area contributed by atoms with E-state index < -0.39 is 9.05 Å². The van der Waals surface area contributed by atoms with Gasteiger partial charge >= 0.3 is 0 Å². The molecule has 6 heteroatoms. The Balaban J connectivity index is 3.15. The van der Waals surface area contributed by atoms with Gasteiger partial charge < -0.3 is 9.84 Å². The van der Waals surface area contributed by atoms with Gasteiger partial charge in [-0.15, -0.1) is 0 Å². The number of phenolic OH excluding ortho intramolecular Hbond substituents is 1. The first-order valence-corrected chi connectivity index (χ1v) is 6.60. The molecule has 0 aromatic heterocycles. The Hall–Kier alpha value is -0.940. The Bertz CT molecular complexity index is 444. The van der Waals surface area contributed by atoms with Gasteiger partial charge in [0.15, 0.2) is 11.5 Å². The van der Waals surface area contributed by atoms with Crippen LogP contribution in [-0.2, 0) is 14.8 Å². The molecule has 1 aromatic carbocycles. The molecule has 0 saturated carbocycles. The van der Waals surface area contributed by atoms with Crippen LogP contribution in [0.25, 0.3) is 0 Å².